The normalized spacial score (nSPS) is 9.56. The van der Waals surface area contributed by atoms with Crippen molar-refractivity contribution in [3.8, 4) is 0 Å². The Labute approximate surface area is 92.1 Å². The number of carboxylic acid groups (broad SMARTS) is 1. The molecule has 1 aromatic carbocycles. The van der Waals surface area contributed by atoms with Gasteiger partial charge in [0.05, 0.1) is 0 Å². The minimum Gasteiger partial charge on any atom is -0.480 e. The van der Waals surface area contributed by atoms with Crippen molar-refractivity contribution in [2.24, 2.45) is 0 Å². The van der Waals surface area contributed by atoms with Gasteiger partial charge in [-0.1, -0.05) is 12.1 Å². The van der Waals surface area contributed by atoms with E-state index in [1.165, 1.54) is 31.2 Å². The highest BCUT2D eigenvalue weighted by molar-refractivity contribution is 5.98. The molecule has 1 rings (SSSR count). The van der Waals surface area contributed by atoms with E-state index in [2.05, 4.69) is 5.32 Å². The summed E-state index contributed by atoms with van der Waals surface area (Å²) >= 11 is 0. The van der Waals surface area contributed by atoms with Crippen LogP contribution >= 0.6 is 0 Å². The van der Waals surface area contributed by atoms with E-state index in [1.54, 1.807) is 0 Å². The van der Waals surface area contributed by atoms with E-state index in [9.17, 15) is 14.4 Å². The lowest BCUT2D eigenvalue weighted by atomic mass is 10.1. The molecule has 5 heteroatoms. The zero-order valence-electron chi connectivity index (χ0n) is 8.69. The summed E-state index contributed by atoms with van der Waals surface area (Å²) in [5.41, 5.74) is 0.834. The fraction of sp³-hybridized carbons (Fsp3) is 0.182. The van der Waals surface area contributed by atoms with E-state index >= 15 is 0 Å². The second-order valence-electron chi connectivity index (χ2n) is 3.21. The van der Waals surface area contributed by atoms with E-state index in [0.29, 0.717) is 11.1 Å². The highest BCUT2D eigenvalue weighted by Crippen LogP contribution is 2.04. The molecule has 16 heavy (non-hydrogen) atoms. The van der Waals surface area contributed by atoms with Crippen molar-refractivity contribution in [3.63, 3.8) is 0 Å². The molecule has 0 bridgehead atoms. The van der Waals surface area contributed by atoms with Crippen molar-refractivity contribution in [1.82, 2.24) is 5.32 Å². The molecule has 0 aliphatic rings. The van der Waals surface area contributed by atoms with E-state index < -0.39 is 18.4 Å². The first-order valence-electron chi connectivity index (χ1n) is 4.61. The van der Waals surface area contributed by atoms with E-state index in [0.717, 1.165) is 0 Å². The molecule has 1 aromatic rings. The maximum absolute atomic E-state index is 11.4. The molecule has 1 amide bonds. The van der Waals surface area contributed by atoms with Gasteiger partial charge in [-0.05, 0) is 19.1 Å². The Balaban J connectivity index is 2.70. The second-order valence-corrected chi connectivity index (χ2v) is 3.21. The molecule has 0 radical (unpaired) electrons. The summed E-state index contributed by atoms with van der Waals surface area (Å²) in [4.78, 5) is 32.6. The zero-order chi connectivity index (χ0) is 12.1. The van der Waals surface area contributed by atoms with Gasteiger partial charge in [-0.3, -0.25) is 14.4 Å². The Bertz CT molecular complexity index is 422. The number of nitrogens with one attached hydrogen (secondary N) is 1. The predicted molar refractivity (Wildman–Crippen MR) is 56.4 cm³/mol. The number of carbonyl (C=O) groups excluding carboxylic acids is 2. The number of hydrogen-bond donors (Lipinski definition) is 2. The van der Waals surface area contributed by atoms with Crippen LogP contribution in [0.15, 0.2) is 24.3 Å². The standard InChI is InChI=1S/C11H11NO4/c1-7(13)8-2-4-9(5-3-8)11(16)12-6-10(14)15/h2-5H,6H2,1H3,(H,12,16)(H,14,15). The molecule has 0 fully saturated rings. The maximum atomic E-state index is 11.4. The zero-order valence-corrected chi connectivity index (χ0v) is 8.69. The molecule has 0 aromatic heterocycles. The van der Waals surface area contributed by atoms with E-state index in [4.69, 9.17) is 5.11 Å². The second kappa shape index (κ2) is 5.06. The quantitative estimate of drug-likeness (QED) is 0.733. The first-order valence-corrected chi connectivity index (χ1v) is 4.61. The Hall–Kier alpha value is -2.17. The number of aliphatic carboxylic acids is 1. The number of rotatable bonds is 4. The average Bonchev–Trinajstić information content (AvgIpc) is 2.26. The van der Waals surface area contributed by atoms with Gasteiger partial charge in [0.1, 0.15) is 6.54 Å². The minimum absolute atomic E-state index is 0.0857. The Morgan fingerprint density at radius 3 is 2.06 bits per heavy atom. The van der Waals surface area contributed by atoms with Crippen LogP contribution in [-0.2, 0) is 4.79 Å². The van der Waals surface area contributed by atoms with Crippen LogP contribution in [0, 0.1) is 0 Å². The summed E-state index contributed by atoms with van der Waals surface area (Å²) in [5, 5.41) is 10.6. The lowest BCUT2D eigenvalue weighted by molar-refractivity contribution is -0.135. The van der Waals surface area contributed by atoms with Crippen LogP contribution in [-0.4, -0.2) is 29.3 Å². The Morgan fingerprint density at radius 2 is 1.62 bits per heavy atom. The van der Waals surface area contributed by atoms with Gasteiger partial charge in [0.25, 0.3) is 5.91 Å². The highest BCUT2D eigenvalue weighted by Gasteiger charge is 2.07. The Kier molecular flexibility index (Phi) is 3.77. The van der Waals surface area contributed by atoms with Crippen LogP contribution in [0.25, 0.3) is 0 Å². The fourth-order valence-corrected chi connectivity index (χ4v) is 1.11. The number of hydrogen-bond acceptors (Lipinski definition) is 3. The monoisotopic (exact) mass is 221 g/mol. The summed E-state index contributed by atoms with van der Waals surface area (Å²) in [6.45, 7) is 1.01. The first-order chi connectivity index (χ1) is 7.50. The number of ketones is 1. The SMILES string of the molecule is CC(=O)c1ccc(C(=O)NCC(=O)O)cc1. The maximum Gasteiger partial charge on any atom is 0.322 e. The summed E-state index contributed by atoms with van der Waals surface area (Å²) in [5.74, 6) is -1.66. The summed E-state index contributed by atoms with van der Waals surface area (Å²) in [6, 6.07) is 6.01. The van der Waals surface area contributed by atoms with Crippen molar-refractivity contribution in [1.29, 1.82) is 0 Å². The number of amides is 1. The topological polar surface area (TPSA) is 83.5 Å². The lowest BCUT2D eigenvalue weighted by Gasteiger charge is -2.02. The fourth-order valence-electron chi connectivity index (χ4n) is 1.11. The van der Waals surface area contributed by atoms with Crippen LogP contribution in [0.1, 0.15) is 27.6 Å². The smallest absolute Gasteiger partial charge is 0.322 e. The highest BCUT2D eigenvalue weighted by atomic mass is 16.4. The van der Waals surface area contributed by atoms with Crippen molar-refractivity contribution >= 4 is 17.7 Å². The van der Waals surface area contributed by atoms with Gasteiger partial charge < -0.3 is 10.4 Å². The summed E-state index contributed by atoms with van der Waals surface area (Å²) in [6.07, 6.45) is 0. The van der Waals surface area contributed by atoms with Crippen LogP contribution in [0.4, 0.5) is 0 Å². The average molecular weight is 221 g/mol. The van der Waals surface area contributed by atoms with Gasteiger partial charge in [0.15, 0.2) is 5.78 Å². The summed E-state index contributed by atoms with van der Waals surface area (Å²) < 4.78 is 0. The van der Waals surface area contributed by atoms with Gasteiger partial charge in [0, 0.05) is 11.1 Å². The van der Waals surface area contributed by atoms with Gasteiger partial charge in [0.2, 0.25) is 0 Å². The van der Waals surface area contributed by atoms with Crippen molar-refractivity contribution in [2.75, 3.05) is 6.54 Å². The third-order valence-corrected chi connectivity index (χ3v) is 1.95. The molecule has 0 spiro atoms. The van der Waals surface area contributed by atoms with Crippen LogP contribution in [0.5, 0.6) is 0 Å². The molecule has 2 N–H and O–H groups in total. The predicted octanol–water partition coefficient (Wildman–Crippen LogP) is 0.704. The Morgan fingerprint density at radius 1 is 1.12 bits per heavy atom. The number of carboxylic acids is 1. The van der Waals surface area contributed by atoms with Crippen molar-refractivity contribution in [3.05, 3.63) is 35.4 Å². The molecule has 84 valence electrons. The van der Waals surface area contributed by atoms with Crippen LogP contribution in [0.3, 0.4) is 0 Å². The molecule has 0 aliphatic carbocycles. The van der Waals surface area contributed by atoms with Crippen LogP contribution in [0.2, 0.25) is 0 Å². The molecular formula is C11H11NO4. The largest absolute Gasteiger partial charge is 0.480 e. The van der Waals surface area contributed by atoms with E-state index in [-0.39, 0.29) is 5.78 Å². The molecule has 0 unspecified atom stereocenters. The molecular weight excluding hydrogens is 210 g/mol. The van der Waals surface area contributed by atoms with Crippen molar-refractivity contribution < 1.29 is 19.5 Å². The van der Waals surface area contributed by atoms with Gasteiger partial charge >= 0.3 is 5.97 Å². The van der Waals surface area contributed by atoms with Gasteiger partial charge in [-0.2, -0.15) is 0 Å². The number of carbonyl (C=O) groups is 3. The van der Waals surface area contributed by atoms with Gasteiger partial charge in [-0.25, -0.2) is 0 Å². The summed E-state index contributed by atoms with van der Waals surface area (Å²) in [7, 11) is 0. The van der Waals surface area contributed by atoms with Crippen LogP contribution < -0.4 is 5.32 Å². The lowest BCUT2D eigenvalue weighted by Crippen LogP contribution is -2.29. The third-order valence-electron chi connectivity index (χ3n) is 1.95. The van der Waals surface area contributed by atoms with Crippen molar-refractivity contribution in [2.45, 2.75) is 6.92 Å². The molecule has 0 aliphatic heterocycles. The van der Waals surface area contributed by atoms with Gasteiger partial charge in [-0.15, -0.1) is 0 Å². The molecule has 0 heterocycles. The molecule has 0 saturated heterocycles. The number of Topliss-reactive ketones (excluding diaryl/α,β-unsaturated/α-hetero) is 1. The first kappa shape index (κ1) is 11.9. The third kappa shape index (κ3) is 3.20. The molecule has 0 atom stereocenters. The molecule has 0 saturated carbocycles. The minimum atomic E-state index is -1.10. The van der Waals surface area contributed by atoms with E-state index in [1.807, 2.05) is 0 Å². The molecule has 5 nitrogen and oxygen atoms in total. The number of benzene rings is 1.